The Labute approximate surface area is 205 Å². The number of rotatable bonds is 3. The van der Waals surface area contributed by atoms with Crippen LogP contribution in [0.3, 0.4) is 0 Å². The Hall–Kier alpha value is -3.28. The average Bonchev–Trinajstić information content (AvgIpc) is 2.69. The van der Waals surface area contributed by atoms with Gasteiger partial charge in [-0.2, -0.15) is 0 Å². The smallest absolute Gasteiger partial charge is 0.197 e. The first-order valence-electron chi connectivity index (χ1n) is 11.8. The van der Waals surface area contributed by atoms with Crippen molar-refractivity contribution in [1.82, 2.24) is 0 Å². The van der Waals surface area contributed by atoms with E-state index >= 15 is 0 Å². The van der Waals surface area contributed by atoms with Crippen LogP contribution in [0.5, 0.6) is 5.75 Å². The summed E-state index contributed by atoms with van der Waals surface area (Å²) in [7, 11) is 0. The minimum Gasteiger partial charge on any atom is -0.511 e. The number of ketones is 4. The second-order valence-corrected chi connectivity index (χ2v) is 11.4. The second-order valence-electron chi connectivity index (χ2n) is 11.4. The van der Waals surface area contributed by atoms with Crippen LogP contribution in [0.4, 0.5) is 0 Å². The van der Waals surface area contributed by atoms with Crippen molar-refractivity contribution >= 4 is 28.7 Å². The summed E-state index contributed by atoms with van der Waals surface area (Å²) in [5, 5.41) is 22.7. The van der Waals surface area contributed by atoms with E-state index in [1.807, 2.05) is 13.8 Å². The summed E-state index contributed by atoms with van der Waals surface area (Å²) in [4.78, 5) is 52.4. The molecule has 3 aliphatic carbocycles. The van der Waals surface area contributed by atoms with Crippen molar-refractivity contribution in [1.29, 1.82) is 0 Å². The molecule has 6 nitrogen and oxygen atoms in total. The van der Waals surface area contributed by atoms with Crippen molar-refractivity contribution < 1.29 is 29.4 Å². The molecule has 2 N–H and O–H groups in total. The van der Waals surface area contributed by atoms with Crippen molar-refractivity contribution in [3.63, 3.8) is 0 Å². The summed E-state index contributed by atoms with van der Waals surface area (Å²) >= 11 is 0. The molecule has 0 spiro atoms. The molecule has 0 fully saturated rings. The van der Waals surface area contributed by atoms with Crippen LogP contribution >= 0.6 is 0 Å². The maximum absolute atomic E-state index is 14.0. The third kappa shape index (κ3) is 3.01. The van der Waals surface area contributed by atoms with E-state index in [2.05, 4.69) is 6.58 Å². The number of allylic oxidation sites excluding steroid dienone is 5. The van der Waals surface area contributed by atoms with Gasteiger partial charge in [0.05, 0.1) is 22.1 Å². The lowest BCUT2D eigenvalue weighted by Crippen LogP contribution is -2.57. The third-order valence-corrected chi connectivity index (χ3v) is 8.68. The number of phenols is 1. The summed E-state index contributed by atoms with van der Waals surface area (Å²) in [6, 6.07) is 1.58. The van der Waals surface area contributed by atoms with Crippen LogP contribution in [0.1, 0.15) is 93.2 Å². The quantitative estimate of drug-likeness (QED) is 0.442. The van der Waals surface area contributed by atoms with Crippen molar-refractivity contribution in [3.05, 3.63) is 57.4 Å². The fourth-order valence-corrected chi connectivity index (χ4v) is 6.98. The molecule has 3 atom stereocenters. The van der Waals surface area contributed by atoms with Crippen molar-refractivity contribution in [2.75, 3.05) is 0 Å². The van der Waals surface area contributed by atoms with Gasteiger partial charge in [-0.3, -0.25) is 19.2 Å². The van der Waals surface area contributed by atoms with Crippen molar-refractivity contribution in [3.8, 4) is 5.75 Å². The minimum absolute atomic E-state index is 0.0109. The molecule has 0 saturated carbocycles. The summed E-state index contributed by atoms with van der Waals surface area (Å²) < 4.78 is 0. The highest BCUT2D eigenvalue weighted by atomic mass is 16.3. The fraction of sp³-hybridized carbons (Fsp3) is 0.448. The van der Waals surface area contributed by atoms with Gasteiger partial charge in [0.1, 0.15) is 11.5 Å². The summed E-state index contributed by atoms with van der Waals surface area (Å²) in [6.07, 6.45) is 1.17. The lowest BCUT2D eigenvalue weighted by Gasteiger charge is -2.57. The molecule has 0 aliphatic heterocycles. The Balaban J connectivity index is 2.07. The van der Waals surface area contributed by atoms with Gasteiger partial charge in [0, 0.05) is 11.0 Å². The summed E-state index contributed by atoms with van der Waals surface area (Å²) in [5.74, 6) is -2.60. The van der Waals surface area contributed by atoms with E-state index in [0.29, 0.717) is 41.5 Å². The highest BCUT2D eigenvalue weighted by Crippen LogP contribution is 2.66. The number of carbonyl (C=O) groups is 4. The predicted octanol–water partition coefficient (Wildman–Crippen LogP) is 5.48. The van der Waals surface area contributed by atoms with Crippen LogP contribution in [-0.2, 0) is 16.0 Å². The molecule has 184 valence electrons. The van der Waals surface area contributed by atoms with Crippen LogP contribution in [0, 0.1) is 16.2 Å². The Morgan fingerprint density at radius 2 is 1.57 bits per heavy atom. The summed E-state index contributed by atoms with van der Waals surface area (Å²) in [6.45, 7) is 15.7. The Kier molecular flexibility index (Phi) is 5.22. The third-order valence-electron chi connectivity index (χ3n) is 8.68. The topological polar surface area (TPSA) is 109 Å². The molecule has 4 rings (SSSR count). The molecule has 1 aromatic rings. The number of hydrogen-bond donors (Lipinski definition) is 2. The Morgan fingerprint density at radius 3 is 2.09 bits per heavy atom. The van der Waals surface area contributed by atoms with E-state index in [1.165, 1.54) is 13.8 Å². The monoisotopic (exact) mass is 476 g/mol. The number of benzene rings is 1. The zero-order valence-electron chi connectivity index (χ0n) is 21.4. The van der Waals surface area contributed by atoms with E-state index in [0.717, 1.165) is 0 Å². The number of phenolic OH excluding ortho intramolecular Hbond substituents is 1. The van der Waals surface area contributed by atoms with Gasteiger partial charge >= 0.3 is 0 Å². The van der Waals surface area contributed by atoms with Gasteiger partial charge < -0.3 is 10.2 Å². The van der Waals surface area contributed by atoms with Gasteiger partial charge in [-0.1, -0.05) is 31.6 Å². The lowest BCUT2D eigenvalue weighted by molar-refractivity contribution is -0.137. The zero-order valence-corrected chi connectivity index (χ0v) is 21.4. The molecule has 0 radical (unpaired) electrons. The van der Waals surface area contributed by atoms with Crippen LogP contribution in [-0.4, -0.2) is 33.3 Å². The first-order chi connectivity index (χ1) is 16.0. The first kappa shape index (κ1) is 24.8. The lowest BCUT2D eigenvalue weighted by atomic mass is 9.44. The van der Waals surface area contributed by atoms with Gasteiger partial charge in [-0.15, -0.1) is 0 Å². The molecule has 35 heavy (non-hydrogen) atoms. The highest BCUT2D eigenvalue weighted by Gasteiger charge is 2.65. The molecule has 0 aromatic heterocycles. The molecule has 0 unspecified atom stereocenters. The zero-order chi connectivity index (χ0) is 26.4. The SMILES string of the molecule is C=C(C)c1cc(C(C)=O)c(O)c2c1C[C@]1(C)C[C@]3(C)CC(C)=C(C(C)=O)C(=O)[C@]3(C)C(O)=C1C2=O. The van der Waals surface area contributed by atoms with E-state index in [4.69, 9.17) is 0 Å². The van der Waals surface area contributed by atoms with Crippen LogP contribution in [0.2, 0.25) is 0 Å². The van der Waals surface area contributed by atoms with Crippen molar-refractivity contribution in [2.45, 2.75) is 67.7 Å². The molecule has 0 saturated heterocycles. The Morgan fingerprint density at radius 1 is 0.971 bits per heavy atom. The largest absolute Gasteiger partial charge is 0.511 e. The number of aromatic hydroxyl groups is 1. The molecular formula is C29H32O6. The Bertz CT molecular complexity index is 1360. The van der Waals surface area contributed by atoms with E-state index in [9.17, 15) is 29.4 Å². The van der Waals surface area contributed by atoms with E-state index in [1.54, 1.807) is 26.8 Å². The standard InChI is InChI=1S/C29H32O6/c1-13(2)17-9-18(15(4)30)23(32)21-19(17)11-27(6)12-28(7)10-14(3)20(16(5)31)25(34)29(28,8)26(35)22(27)24(21)33/h9,32,35H,1,10-12H2,2-8H3/t27-,28+,29-/m1/s1. The molecule has 0 bridgehead atoms. The highest BCUT2D eigenvalue weighted by molar-refractivity contribution is 6.24. The number of aliphatic hydroxyl groups is 1. The number of aliphatic hydroxyl groups excluding tert-OH is 1. The van der Waals surface area contributed by atoms with Crippen LogP contribution in [0.25, 0.3) is 5.57 Å². The maximum Gasteiger partial charge on any atom is 0.197 e. The number of carbonyl (C=O) groups excluding carboxylic acids is 4. The summed E-state index contributed by atoms with van der Waals surface area (Å²) in [5.41, 5.74) is -0.332. The molecule has 1 aromatic carbocycles. The normalized spacial score (nSPS) is 30.0. The van der Waals surface area contributed by atoms with Crippen LogP contribution < -0.4 is 0 Å². The molecule has 0 amide bonds. The fourth-order valence-electron chi connectivity index (χ4n) is 6.98. The van der Waals surface area contributed by atoms with Crippen LogP contribution in [0.15, 0.2) is 35.1 Å². The molecule has 6 heteroatoms. The number of hydrogen-bond acceptors (Lipinski definition) is 6. The molecular weight excluding hydrogens is 444 g/mol. The van der Waals surface area contributed by atoms with Gasteiger partial charge in [0.25, 0.3) is 0 Å². The van der Waals surface area contributed by atoms with Gasteiger partial charge in [-0.05, 0) is 76.5 Å². The van der Waals surface area contributed by atoms with Gasteiger partial charge in [-0.25, -0.2) is 0 Å². The van der Waals surface area contributed by atoms with E-state index in [-0.39, 0.29) is 33.8 Å². The van der Waals surface area contributed by atoms with Crippen molar-refractivity contribution in [2.24, 2.45) is 16.2 Å². The number of fused-ring (bicyclic) bond motifs is 3. The minimum atomic E-state index is -1.47. The molecule has 3 aliphatic rings. The second kappa shape index (κ2) is 7.36. The van der Waals surface area contributed by atoms with Gasteiger partial charge in [0.15, 0.2) is 23.1 Å². The van der Waals surface area contributed by atoms with Gasteiger partial charge in [0.2, 0.25) is 0 Å². The number of Topliss-reactive ketones (excluding diaryl/α,β-unsaturated/α-hetero) is 4. The predicted molar refractivity (Wildman–Crippen MR) is 132 cm³/mol. The van der Waals surface area contributed by atoms with E-state index < -0.39 is 39.3 Å². The molecule has 0 heterocycles. The maximum atomic E-state index is 14.0. The average molecular weight is 477 g/mol. The first-order valence-corrected chi connectivity index (χ1v) is 11.8.